The molecule has 6 heteroatoms. The molecule has 3 heterocycles. The van der Waals surface area contributed by atoms with Crippen molar-refractivity contribution in [2.45, 2.75) is 58.5 Å². The first-order chi connectivity index (χ1) is 12.5. The number of aromatic nitrogens is 2. The maximum atomic E-state index is 12.7. The molecule has 0 aromatic carbocycles. The third-order valence-electron chi connectivity index (χ3n) is 7.15. The molecule has 2 aliphatic heterocycles. The lowest BCUT2D eigenvalue weighted by Crippen LogP contribution is -2.48. The highest BCUT2D eigenvalue weighted by molar-refractivity contribution is 5.76. The third kappa shape index (κ3) is 3.18. The highest BCUT2D eigenvalue weighted by Crippen LogP contribution is 2.46. The summed E-state index contributed by atoms with van der Waals surface area (Å²) in [5, 5.41) is 14.4. The predicted molar refractivity (Wildman–Crippen MR) is 99.7 cm³/mol. The molecule has 0 bridgehead atoms. The van der Waals surface area contributed by atoms with Gasteiger partial charge in [-0.15, -0.1) is 0 Å². The van der Waals surface area contributed by atoms with Crippen molar-refractivity contribution in [1.82, 2.24) is 19.6 Å². The summed E-state index contributed by atoms with van der Waals surface area (Å²) in [5.74, 6) is 0.539. The molecule has 1 aromatic rings. The Morgan fingerprint density at radius 1 is 1.31 bits per heavy atom. The molecule has 3 fully saturated rings. The van der Waals surface area contributed by atoms with E-state index in [0.717, 1.165) is 56.5 Å². The van der Waals surface area contributed by atoms with Gasteiger partial charge in [0.2, 0.25) is 5.91 Å². The van der Waals surface area contributed by atoms with Crippen LogP contribution in [0.4, 0.5) is 0 Å². The Kier molecular flexibility index (Phi) is 4.82. The molecule has 4 rings (SSSR count). The van der Waals surface area contributed by atoms with Gasteiger partial charge < -0.3 is 10.0 Å². The maximum Gasteiger partial charge on any atom is 0.244 e. The van der Waals surface area contributed by atoms with Gasteiger partial charge in [-0.1, -0.05) is 6.42 Å². The number of likely N-dealkylation sites (tertiary alicyclic amines) is 2. The molecule has 1 atom stereocenters. The molecule has 0 radical (unpaired) electrons. The van der Waals surface area contributed by atoms with E-state index in [-0.39, 0.29) is 17.9 Å². The zero-order valence-electron chi connectivity index (χ0n) is 16.2. The number of hydrogen-bond donors (Lipinski definition) is 1. The molecule has 3 aliphatic rings. The first-order valence-electron chi connectivity index (χ1n) is 10.1. The number of hydrogen-bond acceptors (Lipinski definition) is 4. The van der Waals surface area contributed by atoms with Crippen molar-refractivity contribution in [3.63, 3.8) is 0 Å². The van der Waals surface area contributed by atoms with E-state index in [4.69, 9.17) is 0 Å². The quantitative estimate of drug-likeness (QED) is 0.886. The molecule has 2 saturated heterocycles. The van der Waals surface area contributed by atoms with Crippen LogP contribution in [-0.2, 0) is 11.3 Å². The molecule has 1 N–H and O–H groups in total. The summed E-state index contributed by atoms with van der Waals surface area (Å²) in [5.41, 5.74) is 2.21. The largest absolute Gasteiger partial charge is 0.396 e. The van der Waals surface area contributed by atoms with Crippen LogP contribution in [0.3, 0.4) is 0 Å². The van der Waals surface area contributed by atoms with Gasteiger partial charge in [0.25, 0.3) is 0 Å². The van der Waals surface area contributed by atoms with Gasteiger partial charge >= 0.3 is 0 Å². The Morgan fingerprint density at radius 3 is 2.58 bits per heavy atom. The summed E-state index contributed by atoms with van der Waals surface area (Å²) in [6.45, 7) is 8.36. The monoisotopic (exact) mass is 360 g/mol. The third-order valence-corrected chi connectivity index (χ3v) is 7.15. The standard InChI is InChI=1S/C20H32N4O2/c1-15-10-16(2)24(21-15)12-19(26)22-8-6-20(7-9-22)14-23(11-17(20)13-25)18-4-3-5-18/h10,17-18,25H,3-9,11-14H2,1-2H3. The summed E-state index contributed by atoms with van der Waals surface area (Å²) in [4.78, 5) is 17.3. The van der Waals surface area contributed by atoms with Crippen molar-refractivity contribution in [2.24, 2.45) is 11.3 Å². The average Bonchev–Trinajstić information content (AvgIpc) is 3.06. The minimum absolute atomic E-state index is 0.167. The molecule has 1 aliphatic carbocycles. The van der Waals surface area contributed by atoms with Crippen LogP contribution in [0.5, 0.6) is 0 Å². The van der Waals surface area contributed by atoms with E-state index in [1.165, 1.54) is 19.3 Å². The number of aliphatic hydroxyl groups excluding tert-OH is 1. The fraction of sp³-hybridized carbons (Fsp3) is 0.800. The number of aliphatic hydroxyl groups is 1. The minimum atomic E-state index is 0.167. The van der Waals surface area contributed by atoms with Crippen molar-refractivity contribution in [1.29, 1.82) is 0 Å². The minimum Gasteiger partial charge on any atom is -0.396 e. The molecule has 144 valence electrons. The number of carbonyl (C=O) groups is 1. The average molecular weight is 361 g/mol. The molecule has 26 heavy (non-hydrogen) atoms. The summed E-state index contributed by atoms with van der Waals surface area (Å²) >= 11 is 0. The van der Waals surface area contributed by atoms with Gasteiger partial charge in [0.05, 0.1) is 5.69 Å². The fourth-order valence-electron chi connectivity index (χ4n) is 5.19. The van der Waals surface area contributed by atoms with Crippen LogP contribution in [0.25, 0.3) is 0 Å². The summed E-state index contributed by atoms with van der Waals surface area (Å²) in [6, 6.07) is 2.76. The van der Waals surface area contributed by atoms with Crippen molar-refractivity contribution in [3.8, 4) is 0 Å². The molecule has 1 aromatic heterocycles. The zero-order chi connectivity index (χ0) is 18.3. The van der Waals surface area contributed by atoms with Crippen molar-refractivity contribution in [2.75, 3.05) is 32.8 Å². The van der Waals surface area contributed by atoms with Gasteiger partial charge in [0, 0.05) is 50.4 Å². The second kappa shape index (κ2) is 6.97. The second-order valence-corrected chi connectivity index (χ2v) is 8.72. The molecule has 1 unspecified atom stereocenters. The molecule has 6 nitrogen and oxygen atoms in total. The van der Waals surface area contributed by atoms with Gasteiger partial charge in [-0.3, -0.25) is 14.4 Å². The van der Waals surface area contributed by atoms with Crippen LogP contribution in [0.2, 0.25) is 0 Å². The van der Waals surface area contributed by atoms with Crippen molar-refractivity contribution < 1.29 is 9.90 Å². The number of nitrogens with zero attached hydrogens (tertiary/aromatic N) is 4. The summed E-state index contributed by atoms with van der Waals surface area (Å²) in [6.07, 6.45) is 6.03. The number of rotatable bonds is 4. The van der Waals surface area contributed by atoms with E-state index in [1.807, 2.05) is 29.5 Å². The van der Waals surface area contributed by atoms with E-state index in [2.05, 4.69) is 10.00 Å². The van der Waals surface area contributed by atoms with E-state index in [1.54, 1.807) is 0 Å². The SMILES string of the molecule is Cc1cc(C)n(CC(=O)N2CCC3(CC2)CN(C2CCC2)CC3CO)n1. The number of aryl methyl sites for hydroxylation is 2. The fourth-order valence-corrected chi connectivity index (χ4v) is 5.19. The predicted octanol–water partition coefficient (Wildman–Crippen LogP) is 1.59. The van der Waals surface area contributed by atoms with Crippen LogP contribution in [-0.4, -0.2) is 69.4 Å². The highest BCUT2D eigenvalue weighted by atomic mass is 16.3. The molecule has 1 saturated carbocycles. The van der Waals surface area contributed by atoms with Gasteiger partial charge in [-0.05, 0) is 51.0 Å². The van der Waals surface area contributed by atoms with E-state index >= 15 is 0 Å². The first kappa shape index (κ1) is 18.0. The molecular formula is C20H32N4O2. The normalized spacial score (nSPS) is 26.4. The van der Waals surface area contributed by atoms with Gasteiger partial charge in [-0.25, -0.2) is 0 Å². The summed E-state index contributed by atoms with van der Waals surface area (Å²) in [7, 11) is 0. The Bertz CT molecular complexity index is 659. The maximum absolute atomic E-state index is 12.7. The van der Waals surface area contributed by atoms with Gasteiger partial charge in [0.15, 0.2) is 0 Å². The molecule has 1 amide bonds. The number of amides is 1. The topological polar surface area (TPSA) is 61.6 Å². The first-order valence-corrected chi connectivity index (χ1v) is 10.1. The lowest BCUT2D eigenvalue weighted by molar-refractivity contribution is -0.134. The van der Waals surface area contributed by atoms with Crippen LogP contribution < -0.4 is 0 Å². The molecular weight excluding hydrogens is 328 g/mol. The second-order valence-electron chi connectivity index (χ2n) is 8.72. The Balaban J connectivity index is 1.37. The lowest BCUT2D eigenvalue weighted by atomic mass is 9.71. The summed E-state index contributed by atoms with van der Waals surface area (Å²) < 4.78 is 1.81. The van der Waals surface area contributed by atoms with Gasteiger partial charge in [0.1, 0.15) is 6.54 Å². The van der Waals surface area contributed by atoms with Gasteiger partial charge in [-0.2, -0.15) is 5.10 Å². The van der Waals surface area contributed by atoms with Crippen LogP contribution in [0.1, 0.15) is 43.5 Å². The Hall–Kier alpha value is -1.40. The number of carbonyl (C=O) groups excluding carboxylic acids is 1. The zero-order valence-corrected chi connectivity index (χ0v) is 16.2. The van der Waals surface area contributed by atoms with Crippen LogP contribution in [0, 0.1) is 25.2 Å². The Labute approximate surface area is 156 Å². The smallest absolute Gasteiger partial charge is 0.244 e. The van der Waals surface area contributed by atoms with E-state index < -0.39 is 0 Å². The number of piperidine rings is 1. The van der Waals surface area contributed by atoms with Crippen molar-refractivity contribution in [3.05, 3.63) is 17.5 Å². The highest BCUT2D eigenvalue weighted by Gasteiger charge is 2.49. The lowest BCUT2D eigenvalue weighted by Gasteiger charge is -2.43. The van der Waals surface area contributed by atoms with E-state index in [9.17, 15) is 9.90 Å². The van der Waals surface area contributed by atoms with Crippen LogP contribution >= 0.6 is 0 Å². The van der Waals surface area contributed by atoms with Crippen molar-refractivity contribution >= 4 is 5.91 Å². The Morgan fingerprint density at radius 2 is 2.04 bits per heavy atom. The molecule has 1 spiro atoms. The van der Waals surface area contributed by atoms with E-state index in [0.29, 0.717) is 12.5 Å². The van der Waals surface area contributed by atoms with Crippen LogP contribution in [0.15, 0.2) is 6.07 Å².